The van der Waals surface area contributed by atoms with Crippen molar-refractivity contribution in [3.05, 3.63) is 39.9 Å². The van der Waals surface area contributed by atoms with Crippen molar-refractivity contribution in [3.63, 3.8) is 0 Å². The first-order chi connectivity index (χ1) is 11.1. The van der Waals surface area contributed by atoms with Gasteiger partial charge in [-0.05, 0) is 49.5 Å². The van der Waals surface area contributed by atoms with Crippen molar-refractivity contribution in [1.82, 2.24) is 9.97 Å². The minimum Gasteiger partial charge on any atom is -0.364 e. The number of carbonyl (C=O) groups is 1. The summed E-state index contributed by atoms with van der Waals surface area (Å²) in [5.41, 5.74) is 6.87. The van der Waals surface area contributed by atoms with Crippen molar-refractivity contribution in [2.45, 2.75) is 44.4 Å². The standard InChI is InChI=1S/C18H21N3O2/c19-18(23)17-16-13(6-7-20-17)21-14(9-15(16)22)12-3-1-2-11(8-12)10-4-5-10/h6-7,9-12H,1-5,8H2,(H2,19,23)(H,21,22). The molecule has 5 nitrogen and oxygen atoms in total. The van der Waals surface area contributed by atoms with Gasteiger partial charge in [-0.2, -0.15) is 0 Å². The van der Waals surface area contributed by atoms with E-state index in [0.717, 1.165) is 24.0 Å². The normalized spacial score (nSPS) is 24.7. The zero-order valence-electron chi connectivity index (χ0n) is 13.0. The van der Waals surface area contributed by atoms with E-state index >= 15 is 0 Å². The van der Waals surface area contributed by atoms with E-state index in [0.29, 0.717) is 16.8 Å². The maximum atomic E-state index is 12.5. The summed E-state index contributed by atoms with van der Waals surface area (Å²) < 4.78 is 0. The highest BCUT2D eigenvalue weighted by Gasteiger charge is 2.35. The summed E-state index contributed by atoms with van der Waals surface area (Å²) in [5, 5.41) is 0.304. The van der Waals surface area contributed by atoms with Gasteiger partial charge in [0, 0.05) is 18.0 Å². The van der Waals surface area contributed by atoms with Gasteiger partial charge < -0.3 is 10.7 Å². The van der Waals surface area contributed by atoms with E-state index in [1.165, 1.54) is 38.3 Å². The monoisotopic (exact) mass is 311 g/mol. The first-order valence-electron chi connectivity index (χ1n) is 8.45. The van der Waals surface area contributed by atoms with Gasteiger partial charge in [0.2, 0.25) is 0 Å². The second kappa shape index (κ2) is 5.48. The molecule has 1 amide bonds. The molecular formula is C18H21N3O2. The number of rotatable bonds is 3. The van der Waals surface area contributed by atoms with Gasteiger partial charge >= 0.3 is 0 Å². The number of carbonyl (C=O) groups excluding carboxylic acids is 1. The van der Waals surface area contributed by atoms with Crippen molar-refractivity contribution in [1.29, 1.82) is 0 Å². The number of aromatic nitrogens is 2. The van der Waals surface area contributed by atoms with Crippen molar-refractivity contribution in [2.75, 3.05) is 0 Å². The lowest BCUT2D eigenvalue weighted by Gasteiger charge is -2.29. The molecule has 2 aliphatic carbocycles. The van der Waals surface area contributed by atoms with E-state index in [4.69, 9.17) is 5.73 Å². The molecule has 2 atom stereocenters. The van der Waals surface area contributed by atoms with Gasteiger partial charge in [-0.3, -0.25) is 14.6 Å². The Morgan fingerprint density at radius 2 is 2.04 bits per heavy atom. The fourth-order valence-corrected chi connectivity index (χ4v) is 4.13. The topological polar surface area (TPSA) is 88.8 Å². The van der Waals surface area contributed by atoms with Crippen molar-refractivity contribution >= 4 is 16.8 Å². The molecule has 0 bridgehead atoms. The Labute approximate surface area is 134 Å². The Bertz CT molecular complexity index is 823. The van der Waals surface area contributed by atoms with Gasteiger partial charge in [-0.15, -0.1) is 0 Å². The van der Waals surface area contributed by atoms with Crippen LogP contribution in [0.3, 0.4) is 0 Å². The first-order valence-corrected chi connectivity index (χ1v) is 8.45. The van der Waals surface area contributed by atoms with E-state index in [2.05, 4.69) is 9.97 Å². The second-order valence-electron chi connectivity index (χ2n) is 7.00. The van der Waals surface area contributed by atoms with Gasteiger partial charge in [0.1, 0.15) is 5.69 Å². The summed E-state index contributed by atoms with van der Waals surface area (Å²) in [7, 11) is 0. The maximum Gasteiger partial charge on any atom is 0.268 e. The molecule has 0 radical (unpaired) electrons. The van der Waals surface area contributed by atoms with Gasteiger partial charge in [0.15, 0.2) is 5.43 Å². The molecule has 23 heavy (non-hydrogen) atoms. The molecule has 2 heterocycles. The third kappa shape index (κ3) is 2.64. The predicted octanol–water partition coefficient (Wildman–Crippen LogP) is 2.71. The molecular weight excluding hydrogens is 290 g/mol. The predicted molar refractivity (Wildman–Crippen MR) is 88.3 cm³/mol. The smallest absolute Gasteiger partial charge is 0.268 e. The number of nitrogens with zero attached hydrogens (tertiary/aromatic N) is 1. The van der Waals surface area contributed by atoms with Crippen LogP contribution in [0.1, 0.15) is 60.6 Å². The molecule has 0 saturated heterocycles. The molecule has 3 N–H and O–H groups in total. The Kier molecular flexibility index (Phi) is 3.43. The molecule has 2 aliphatic rings. The van der Waals surface area contributed by atoms with Crippen LogP contribution in [0.15, 0.2) is 23.1 Å². The third-order valence-corrected chi connectivity index (χ3v) is 5.44. The van der Waals surface area contributed by atoms with Gasteiger partial charge in [-0.25, -0.2) is 0 Å². The number of H-pyrrole nitrogens is 1. The Hall–Kier alpha value is -2.17. The van der Waals surface area contributed by atoms with E-state index < -0.39 is 5.91 Å². The van der Waals surface area contributed by atoms with Crippen molar-refractivity contribution in [2.24, 2.45) is 17.6 Å². The van der Waals surface area contributed by atoms with Crippen LogP contribution in [-0.4, -0.2) is 15.9 Å². The highest BCUT2D eigenvalue weighted by atomic mass is 16.1. The number of aromatic amines is 1. The Morgan fingerprint density at radius 1 is 1.22 bits per heavy atom. The zero-order chi connectivity index (χ0) is 16.0. The van der Waals surface area contributed by atoms with Crippen LogP contribution in [0.5, 0.6) is 0 Å². The number of hydrogen-bond acceptors (Lipinski definition) is 3. The molecule has 0 aliphatic heterocycles. The summed E-state index contributed by atoms with van der Waals surface area (Å²) in [6.45, 7) is 0. The number of pyridine rings is 2. The molecule has 2 aromatic rings. The minimum absolute atomic E-state index is 0.0507. The Morgan fingerprint density at radius 3 is 2.78 bits per heavy atom. The average Bonchev–Trinajstić information content (AvgIpc) is 3.39. The number of amides is 1. The molecule has 2 fully saturated rings. The molecule has 2 unspecified atom stereocenters. The van der Waals surface area contributed by atoms with Crippen LogP contribution < -0.4 is 11.2 Å². The molecule has 0 spiro atoms. The van der Waals surface area contributed by atoms with Crippen LogP contribution >= 0.6 is 0 Å². The summed E-state index contributed by atoms with van der Waals surface area (Å²) >= 11 is 0. The molecule has 2 saturated carbocycles. The minimum atomic E-state index is -0.666. The highest BCUT2D eigenvalue weighted by Crippen LogP contribution is 2.47. The maximum absolute atomic E-state index is 12.5. The second-order valence-corrected chi connectivity index (χ2v) is 7.00. The van der Waals surface area contributed by atoms with Crippen molar-refractivity contribution < 1.29 is 4.79 Å². The van der Waals surface area contributed by atoms with Gasteiger partial charge in [-0.1, -0.05) is 12.8 Å². The third-order valence-electron chi connectivity index (χ3n) is 5.44. The number of nitrogens with two attached hydrogens (primary N) is 1. The fourth-order valence-electron chi connectivity index (χ4n) is 4.13. The molecule has 2 aromatic heterocycles. The van der Waals surface area contributed by atoms with Crippen LogP contribution in [0.4, 0.5) is 0 Å². The van der Waals surface area contributed by atoms with Gasteiger partial charge in [0.05, 0.1) is 10.9 Å². The number of nitrogens with one attached hydrogen (secondary N) is 1. The molecule has 120 valence electrons. The quantitative estimate of drug-likeness (QED) is 0.913. The van der Waals surface area contributed by atoms with Crippen LogP contribution in [0.2, 0.25) is 0 Å². The zero-order valence-corrected chi connectivity index (χ0v) is 13.0. The molecule has 0 aromatic carbocycles. The fraction of sp³-hybridized carbons (Fsp3) is 0.500. The number of primary amides is 1. The van der Waals surface area contributed by atoms with E-state index in [1.54, 1.807) is 12.1 Å². The SMILES string of the molecule is NC(=O)c1nccc2[nH]c(C3CCCC(C4CC4)C3)cc(=O)c12. The van der Waals surface area contributed by atoms with Crippen molar-refractivity contribution in [3.8, 4) is 0 Å². The van der Waals surface area contributed by atoms with E-state index in [1.807, 2.05) is 0 Å². The highest BCUT2D eigenvalue weighted by molar-refractivity contribution is 6.03. The van der Waals surface area contributed by atoms with Gasteiger partial charge in [0.25, 0.3) is 5.91 Å². The lowest BCUT2D eigenvalue weighted by molar-refractivity contribution is 0.0997. The summed E-state index contributed by atoms with van der Waals surface area (Å²) in [4.78, 5) is 31.3. The molecule has 5 heteroatoms. The van der Waals surface area contributed by atoms with E-state index in [-0.39, 0.29) is 11.1 Å². The average molecular weight is 311 g/mol. The van der Waals surface area contributed by atoms with E-state index in [9.17, 15) is 9.59 Å². The lowest BCUT2D eigenvalue weighted by Crippen LogP contribution is -2.20. The number of fused-ring (bicyclic) bond motifs is 1. The van der Waals surface area contributed by atoms with Crippen LogP contribution in [0.25, 0.3) is 10.9 Å². The first kappa shape index (κ1) is 14.4. The van der Waals surface area contributed by atoms with Crippen LogP contribution in [0, 0.1) is 11.8 Å². The largest absolute Gasteiger partial charge is 0.364 e. The number of hydrogen-bond donors (Lipinski definition) is 2. The van der Waals surface area contributed by atoms with Crippen LogP contribution in [-0.2, 0) is 0 Å². The summed E-state index contributed by atoms with van der Waals surface area (Å²) in [6.07, 6.45) is 9.12. The molecule has 4 rings (SSSR count). The lowest BCUT2D eigenvalue weighted by atomic mass is 9.77. The summed E-state index contributed by atoms with van der Waals surface area (Å²) in [5.74, 6) is 1.47. The Balaban J connectivity index is 1.74. The summed E-state index contributed by atoms with van der Waals surface area (Å²) in [6, 6.07) is 3.39.